The highest BCUT2D eigenvalue weighted by atomic mass is 19.1. The number of halogens is 1. The molecule has 1 amide bonds. The molecule has 0 unspecified atom stereocenters. The van der Waals surface area contributed by atoms with Gasteiger partial charge < -0.3 is 10.0 Å². The van der Waals surface area contributed by atoms with Crippen LogP contribution in [0.5, 0.6) is 0 Å². The Balaban J connectivity index is 2.13. The second-order valence-electron chi connectivity index (χ2n) is 3.71. The van der Waals surface area contributed by atoms with Crippen LogP contribution in [-0.2, 0) is 0 Å². The van der Waals surface area contributed by atoms with Gasteiger partial charge in [-0.2, -0.15) is 0 Å². The van der Waals surface area contributed by atoms with Gasteiger partial charge >= 0.3 is 6.09 Å². The fraction of sp³-hybridized carbons (Fsp3) is 0.250. The van der Waals surface area contributed by atoms with Gasteiger partial charge in [0, 0.05) is 13.1 Å². The molecule has 16 heavy (non-hydrogen) atoms. The van der Waals surface area contributed by atoms with Crippen molar-refractivity contribution in [2.45, 2.75) is 6.42 Å². The third-order valence-electron chi connectivity index (χ3n) is 2.69. The fourth-order valence-electron chi connectivity index (χ4n) is 1.77. The minimum Gasteiger partial charge on any atom is -0.465 e. The summed E-state index contributed by atoms with van der Waals surface area (Å²) in [6, 6.07) is 6.27. The fourth-order valence-corrected chi connectivity index (χ4v) is 1.77. The van der Waals surface area contributed by atoms with E-state index in [1.807, 2.05) is 6.08 Å². The summed E-state index contributed by atoms with van der Waals surface area (Å²) < 4.78 is 12.7. The number of rotatable bonds is 1. The van der Waals surface area contributed by atoms with E-state index >= 15 is 0 Å². The lowest BCUT2D eigenvalue weighted by molar-refractivity contribution is 0.150. The summed E-state index contributed by atoms with van der Waals surface area (Å²) in [5, 5.41) is 8.78. The average Bonchev–Trinajstić information content (AvgIpc) is 2.30. The van der Waals surface area contributed by atoms with Crippen molar-refractivity contribution in [3.05, 3.63) is 41.7 Å². The second kappa shape index (κ2) is 4.35. The Labute approximate surface area is 92.8 Å². The third-order valence-corrected chi connectivity index (χ3v) is 2.69. The van der Waals surface area contributed by atoms with E-state index in [2.05, 4.69) is 0 Å². The maximum atomic E-state index is 12.7. The van der Waals surface area contributed by atoms with E-state index in [0.29, 0.717) is 19.5 Å². The zero-order valence-electron chi connectivity index (χ0n) is 8.69. The van der Waals surface area contributed by atoms with Crippen molar-refractivity contribution in [3.8, 4) is 0 Å². The maximum Gasteiger partial charge on any atom is 0.407 e. The van der Waals surface area contributed by atoms with E-state index in [4.69, 9.17) is 5.11 Å². The first-order valence-electron chi connectivity index (χ1n) is 5.09. The largest absolute Gasteiger partial charge is 0.465 e. The number of carboxylic acid groups (broad SMARTS) is 1. The predicted molar refractivity (Wildman–Crippen MR) is 58.6 cm³/mol. The van der Waals surface area contributed by atoms with Crippen molar-refractivity contribution >= 4 is 11.7 Å². The molecule has 0 aliphatic carbocycles. The number of benzene rings is 1. The van der Waals surface area contributed by atoms with Crippen LogP contribution in [0.1, 0.15) is 12.0 Å². The summed E-state index contributed by atoms with van der Waals surface area (Å²) in [7, 11) is 0. The molecule has 84 valence electrons. The van der Waals surface area contributed by atoms with Gasteiger partial charge in [-0.1, -0.05) is 18.2 Å². The van der Waals surface area contributed by atoms with Gasteiger partial charge in [-0.15, -0.1) is 0 Å². The monoisotopic (exact) mass is 221 g/mol. The predicted octanol–water partition coefficient (Wildman–Crippen LogP) is 2.59. The van der Waals surface area contributed by atoms with Crippen molar-refractivity contribution in [1.29, 1.82) is 0 Å². The molecule has 0 atom stereocenters. The molecule has 0 fully saturated rings. The third kappa shape index (κ3) is 2.21. The van der Waals surface area contributed by atoms with Crippen LogP contribution in [0.15, 0.2) is 30.3 Å². The molecule has 0 saturated carbocycles. The molecule has 1 N–H and O–H groups in total. The SMILES string of the molecule is O=C(O)N1CC=C(c2ccc(F)cc2)CC1. The number of hydrogen-bond acceptors (Lipinski definition) is 1. The molecule has 0 saturated heterocycles. The molecule has 1 aliphatic heterocycles. The van der Waals surface area contributed by atoms with Gasteiger partial charge in [-0.3, -0.25) is 0 Å². The molecular formula is C12H12FNO2. The van der Waals surface area contributed by atoms with E-state index in [1.165, 1.54) is 17.0 Å². The number of nitrogens with zero attached hydrogens (tertiary/aromatic N) is 1. The lowest BCUT2D eigenvalue weighted by Gasteiger charge is -2.23. The molecule has 1 aromatic carbocycles. The second-order valence-corrected chi connectivity index (χ2v) is 3.71. The minimum absolute atomic E-state index is 0.257. The molecule has 2 rings (SSSR count). The summed E-state index contributed by atoms with van der Waals surface area (Å²) in [6.45, 7) is 0.903. The van der Waals surface area contributed by atoms with Crippen molar-refractivity contribution in [1.82, 2.24) is 4.90 Å². The summed E-state index contributed by atoms with van der Waals surface area (Å²) in [6.07, 6.45) is 1.66. The Morgan fingerprint density at radius 3 is 2.50 bits per heavy atom. The number of amides is 1. The Bertz CT molecular complexity index is 425. The van der Waals surface area contributed by atoms with Crippen LogP contribution in [0.4, 0.5) is 9.18 Å². The highest BCUT2D eigenvalue weighted by molar-refractivity contribution is 5.71. The van der Waals surface area contributed by atoms with Crippen LogP contribution in [0, 0.1) is 5.82 Å². The van der Waals surface area contributed by atoms with Crippen molar-refractivity contribution in [2.24, 2.45) is 0 Å². The van der Waals surface area contributed by atoms with E-state index in [0.717, 1.165) is 11.1 Å². The van der Waals surface area contributed by atoms with Gasteiger partial charge in [0.15, 0.2) is 0 Å². The van der Waals surface area contributed by atoms with Crippen LogP contribution in [0.3, 0.4) is 0 Å². The first-order valence-corrected chi connectivity index (χ1v) is 5.09. The van der Waals surface area contributed by atoms with E-state index in [9.17, 15) is 9.18 Å². The van der Waals surface area contributed by atoms with Gasteiger partial charge in [-0.05, 0) is 29.7 Å². The normalized spacial score (nSPS) is 15.8. The van der Waals surface area contributed by atoms with Crippen LogP contribution in [0.2, 0.25) is 0 Å². The molecule has 0 spiro atoms. The Kier molecular flexibility index (Phi) is 2.90. The van der Waals surface area contributed by atoms with Crippen molar-refractivity contribution in [3.63, 3.8) is 0 Å². The number of hydrogen-bond donors (Lipinski definition) is 1. The molecular weight excluding hydrogens is 209 g/mol. The van der Waals surface area contributed by atoms with Gasteiger partial charge in [0.2, 0.25) is 0 Å². The van der Waals surface area contributed by atoms with Crippen molar-refractivity contribution < 1.29 is 14.3 Å². The quantitative estimate of drug-likeness (QED) is 0.791. The molecule has 1 aliphatic rings. The summed E-state index contributed by atoms with van der Waals surface area (Å²) in [5.74, 6) is -0.257. The topological polar surface area (TPSA) is 40.5 Å². The standard InChI is InChI=1S/C12H12FNO2/c13-11-3-1-9(2-4-11)10-5-7-14(8-6-10)12(15)16/h1-5H,6-8H2,(H,15,16). The molecule has 1 aromatic rings. The Hall–Kier alpha value is -1.84. The highest BCUT2D eigenvalue weighted by Gasteiger charge is 2.16. The molecule has 1 heterocycles. The first kappa shape index (κ1) is 10.7. The van der Waals surface area contributed by atoms with E-state index in [-0.39, 0.29) is 5.82 Å². The summed E-state index contributed by atoms with van der Waals surface area (Å²) in [5.41, 5.74) is 2.05. The summed E-state index contributed by atoms with van der Waals surface area (Å²) in [4.78, 5) is 12.0. The lowest BCUT2D eigenvalue weighted by atomic mass is 10.00. The Morgan fingerprint density at radius 1 is 1.31 bits per heavy atom. The molecule has 0 radical (unpaired) electrons. The first-order chi connectivity index (χ1) is 7.66. The van der Waals surface area contributed by atoms with E-state index in [1.54, 1.807) is 12.1 Å². The summed E-state index contributed by atoms with van der Waals surface area (Å²) >= 11 is 0. The highest BCUT2D eigenvalue weighted by Crippen LogP contribution is 2.22. The number of carbonyl (C=O) groups is 1. The molecule has 4 heteroatoms. The lowest BCUT2D eigenvalue weighted by Crippen LogP contribution is -2.33. The van der Waals surface area contributed by atoms with Gasteiger partial charge in [-0.25, -0.2) is 9.18 Å². The van der Waals surface area contributed by atoms with E-state index < -0.39 is 6.09 Å². The molecule has 3 nitrogen and oxygen atoms in total. The van der Waals surface area contributed by atoms with Crippen LogP contribution >= 0.6 is 0 Å². The average molecular weight is 221 g/mol. The molecule has 0 bridgehead atoms. The van der Waals surface area contributed by atoms with Gasteiger partial charge in [0.1, 0.15) is 5.82 Å². The minimum atomic E-state index is -0.894. The Morgan fingerprint density at radius 2 is 2.00 bits per heavy atom. The van der Waals surface area contributed by atoms with Gasteiger partial charge in [0.25, 0.3) is 0 Å². The zero-order valence-corrected chi connectivity index (χ0v) is 8.69. The smallest absolute Gasteiger partial charge is 0.407 e. The van der Waals surface area contributed by atoms with Crippen molar-refractivity contribution in [2.75, 3.05) is 13.1 Å². The van der Waals surface area contributed by atoms with Crippen LogP contribution < -0.4 is 0 Å². The van der Waals surface area contributed by atoms with Gasteiger partial charge in [0.05, 0.1) is 0 Å². The zero-order chi connectivity index (χ0) is 11.5. The van der Waals surface area contributed by atoms with Crippen LogP contribution in [-0.4, -0.2) is 29.2 Å². The maximum absolute atomic E-state index is 12.7. The molecule has 0 aromatic heterocycles. The van der Waals surface area contributed by atoms with Crippen LogP contribution in [0.25, 0.3) is 5.57 Å².